The maximum absolute atomic E-state index is 5.55. The Balaban J connectivity index is 2.82. The molecule has 0 aliphatic carbocycles. The van der Waals surface area contributed by atoms with Crippen LogP contribution in [0.15, 0.2) is 18.2 Å². The molecule has 0 heterocycles. The lowest BCUT2D eigenvalue weighted by molar-refractivity contribution is 0.340. The van der Waals surface area contributed by atoms with E-state index in [0.29, 0.717) is 5.92 Å². The molecule has 18 heavy (non-hydrogen) atoms. The molecule has 1 atom stereocenters. The van der Waals surface area contributed by atoms with E-state index in [9.17, 15) is 0 Å². The molecule has 0 aliphatic heterocycles. The molecule has 1 rings (SSSR count). The summed E-state index contributed by atoms with van der Waals surface area (Å²) in [5.74, 6) is 7.85. The highest BCUT2D eigenvalue weighted by atomic mass is 16.5. The lowest BCUT2D eigenvalue weighted by atomic mass is 9.95. The topological polar surface area (TPSA) is 9.23 Å². The Kier molecular flexibility index (Phi) is 6.36. The Labute approximate surface area is 112 Å². The SMILES string of the molecule is CCC#CC(C)Cc1ccc(OCC)cc1CC. The van der Waals surface area contributed by atoms with Crippen LogP contribution in [-0.2, 0) is 12.8 Å². The van der Waals surface area contributed by atoms with Gasteiger partial charge in [0.15, 0.2) is 0 Å². The highest BCUT2D eigenvalue weighted by Gasteiger charge is 2.06. The predicted molar refractivity (Wildman–Crippen MR) is 77.9 cm³/mol. The minimum Gasteiger partial charge on any atom is -0.494 e. The van der Waals surface area contributed by atoms with E-state index in [4.69, 9.17) is 4.74 Å². The Morgan fingerprint density at radius 1 is 1.17 bits per heavy atom. The highest BCUT2D eigenvalue weighted by Crippen LogP contribution is 2.21. The van der Waals surface area contributed by atoms with Crippen molar-refractivity contribution in [2.75, 3.05) is 6.61 Å². The van der Waals surface area contributed by atoms with Crippen LogP contribution in [-0.4, -0.2) is 6.61 Å². The molecular formula is C17H24O. The van der Waals surface area contributed by atoms with Crippen molar-refractivity contribution in [3.8, 4) is 17.6 Å². The number of rotatable bonds is 5. The van der Waals surface area contributed by atoms with Gasteiger partial charge in [0.05, 0.1) is 6.61 Å². The molecule has 0 aliphatic rings. The molecule has 0 N–H and O–H groups in total. The van der Waals surface area contributed by atoms with Gasteiger partial charge in [0.2, 0.25) is 0 Å². The molecule has 1 aromatic rings. The first-order valence-electron chi connectivity index (χ1n) is 6.94. The standard InChI is InChI=1S/C17H24O/c1-5-8-9-14(4)12-16-10-11-17(18-7-3)13-15(16)6-2/h10-11,13-14H,5-7,12H2,1-4H3. The van der Waals surface area contributed by atoms with E-state index >= 15 is 0 Å². The molecule has 0 radical (unpaired) electrons. The van der Waals surface area contributed by atoms with E-state index < -0.39 is 0 Å². The zero-order valence-corrected chi connectivity index (χ0v) is 12.0. The molecule has 98 valence electrons. The molecule has 0 bridgehead atoms. The van der Waals surface area contributed by atoms with Gasteiger partial charge >= 0.3 is 0 Å². The monoisotopic (exact) mass is 244 g/mol. The van der Waals surface area contributed by atoms with Crippen LogP contribution in [0.1, 0.15) is 45.2 Å². The third-order valence-corrected chi connectivity index (χ3v) is 2.92. The Hall–Kier alpha value is -1.42. The van der Waals surface area contributed by atoms with Crippen molar-refractivity contribution >= 4 is 0 Å². The predicted octanol–water partition coefficient (Wildman–Crippen LogP) is 4.24. The van der Waals surface area contributed by atoms with Crippen molar-refractivity contribution in [3.63, 3.8) is 0 Å². The highest BCUT2D eigenvalue weighted by molar-refractivity contribution is 5.36. The third-order valence-electron chi connectivity index (χ3n) is 2.92. The first-order valence-corrected chi connectivity index (χ1v) is 6.94. The largest absolute Gasteiger partial charge is 0.494 e. The van der Waals surface area contributed by atoms with E-state index in [1.54, 1.807) is 0 Å². The second kappa shape index (κ2) is 7.82. The van der Waals surface area contributed by atoms with Gasteiger partial charge in [-0.15, -0.1) is 5.92 Å². The van der Waals surface area contributed by atoms with Crippen molar-refractivity contribution in [1.29, 1.82) is 0 Å². The minimum absolute atomic E-state index is 0.424. The van der Waals surface area contributed by atoms with Crippen LogP contribution < -0.4 is 4.74 Å². The maximum atomic E-state index is 5.55. The number of hydrogen-bond acceptors (Lipinski definition) is 1. The second-order valence-corrected chi connectivity index (χ2v) is 4.50. The molecule has 1 heteroatoms. The summed E-state index contributed by atoms with van der Waals surface area (Å²) in [6.07, 6.45) is 3.01. The molecule has 0 saturated heterocycles. The van der Waals surface area contributed by atoms with E-state index in [0.717, 1.165) is 31.6 Å². The average Bonchev–Trinajstić information content (AvgIpc) is 2.38. The van der Waals surface area contributed by atoms with E-state index in [-0.39, 0.29) is 0 Å². The van der Waals surface area contributed by atoms with Gasteiger partial charge < -0.3 is 4.74 Å². The van der Waals surface area contributed by atoms with Crippen molar-refractivity contribution < 1.29 is 4.74 Å². The number of hydrogen-bond donors (Lipinski definition) is 0. The molecule has 0 spiro atoms. The molecule has 0 aromatic heterocycles. The molecule has 1 nitrogen and oxygen atoms in total. The van der Waals surface area contributed by atoms with Crippen LogP contribution in [0.25, 0.3) is 0 Å². The first kappa shape index (κ1) is 14.6. The molecular weight excluding hydrogens is 220 g/mol. The van der Waals surface area contributed by atoms with E-state index in [2.05, 4.69) is 50.8 Å². The Morgan fingerprint density at radius 3 is 2.56 bits per heavy atom. The Morgan fingerprint density at radius 2 is 1.94 bits per heavy atom. The lowest BCUT2D eigenvalue weighted by Crippen LogP contribution is -2.01. The van der Waals surface area contributed by atoms with Crippen molar-refractivity contribution in [3.05, 3.63) is 29.3 Å². The van der Waals surface area contributed by atoms with Crippen molar-refractivity contribution in [2.24, 2.45) is 5.92 Å². The summed E-state index contributed by atoms with van der Waals surface area (Å²) >= 11 is 0. The smallest absolute Gasteiger partial charge is 0.119 e. The Bertz CT molecular complexity index is 423. The molecule has 0 fully saturated rings. The average molecular weight is 244 g/mol. The van der Waals surface area contributed by atoms with Gasteiger partial charge in [-0.2, -0.15) is 0 Å². The van der Waals surface area contributed by atoms with Gasteiger partial charge in [-0.25, -0.2) is 0 Å². The first-order chi connectivity index (χ1) is 8.71. The van der Waals surface area contributed by atoms with Crippen LogP contribution in [0, 0.1) is 17.8 Å². The van der Waals surface area contributed by atoms with Gasteiger partial charge in [0, 0.05) is 12.3 Å². The van der Waals surface area contributed by atoms with Gasteiger partial charge in [0.1, 0.15) is 5.75 Å². The summed E-state index contributed by atoms with van der Waals surface area (Å²) in [4.78, 5) is 0. The lowest BCUT2D eigenvalue weighted by Gasteiger charge is -2.12. The molecule has 0 amide bonds. The second-order valence-electron chi connectivity index (χ2n) is 4.50. The maximum Gasteiger partial charge on any atom is 0.119 e. The van der Waals surface area contributed by atoms with Crippen LogP contribution in [0.5, 0.6) is 5.75 Å². The van der Waals surface area contributed by atoms with E-state index in [1.165, 1.54) is 11.1 Å². The molecule has 0 saturated carbocycles. The van der Waals surface area contributed by atoms with Gasteiger partial charge in [-0.1, -0.05) is 32.8 Å². The summed E-state index contributed by atoms with van der Waals surface area (Å²) in [5, 5.41) is 0. The number of ether oxygens (including phenoxy) is 1. The summed E-state index contributed by atoms with van der Waals surface area (Å²) in [6.45, 7) is 9.21. The third kappa shape index (κ3) is 4.45. The zero-order chi connectivity index (χ0) is 13.4. The van der Waals surface area contributed by atoms with Crippen LogP contribution in [0.4, 0.5) is 0 Å². The fraction of sp³-hybridized carbons (Fsp3) is 0.529. The van der Waals surface area contributed by atoms with Crippen molar-refractivity contribution in [2.45, 2.75) is 47.0 Å². The fourth-order valence-corrected chi connectivity index (χ4v) is 2.04. The van der Waals surface area contributed by atoms with Crippen LogP contribution in [0.2, 0.25) is 0 Å². The van der Waals surface area contributed by atoms with E-state index in [1.807, 2.05) is 6.92 Å². The van der Waals surface area contributed by atoms with Gasteiger partial charge in [0.25, 0.3) is 0 Å². The summed E-state index contributed by atoms with van der Waals surface area (Å²) in [6, 6.07) is 6.42. The summed E-state index contributed by atoms with van der Waals surface area (Å²) < 4.78 is 5.55. The normalized spacial score (nSPS) is 11.6. The van der Waals surface area contributed by atoms with Crippen LogP contribution >= 0.6 is 0 Å². The van der Waals surface area contributed by atoms with Crippen molar-refractivity contribution in [1.82, 2.24) is 0 Å². The summed E-state index contributed by atoms with van der Waals surface area (Å²) in [7, 11) is 0. The zero-order valence-electron chi connectivity index (χ0n) is 12.0. The summed E-state index contributed by atoms with van der Waals surface area (Å²) in [5.41, 5.74) is 2.78. The van der Waals surface area contributed by atoms with Crippen LogP contribution in [0.3, 0.4) is 0 Å². The molecule has 1 unspecified atom stereocenters. The number of benzene rings is 1. The quantitative estimate of drug-likeness (QED) is 0.704. The van der Waals surface area contributed by atoms with Gasteiger partial charge in [-0.3, -0.25) is 0 Å². The van der Waals surface area contributed by atoms with Gasteiger partial charge in [-0.05, 0) is 43.0 Å². The number of aryl methyl sites for hydroxylation is 1. The molecule has 1 aromatic carbocycles. The minimum atomic E-state index is 0.424. The fourth-order valence-electron chi connectivity index (χ4n) is 2.04.